The summed E-state index contributed by atoms with van der Waals surface area (Å²) < 4.78 is 30.8. The van der Waals surface area contributed by atoms with Gasteiger partial charge in [0.05, 0.1) is 12.6 Å². The lowest BCUT2D eigenvalue weighted by atomic mass is 9.82. The van der Waals surface area contributed by atoms with E-state index in [1.807, 2.05) is 30.5 Å². The van der Waals surface area contributed by atoms with Gasteiger partial charge >= 0.3 is 0 Å². The topological polar surface area (TPSA) is 28.4 Å². The molecule has 1 N–H and O–H groups in total. The Hall–Kier alpha value is -2.92. The molecule has 1 heterocycles. The van der Waals surface area contributed by atoms with Gasteiger partial charge in [0.1, 0.15) is 11.6 Å². The highest BCUT2D eigenvalue weighted by Gasteiger charge is 2.35. The van der Waals surface area contributed by atoms with Crippen molar-refractivity contribution in [2.75, 3.05) is 13.2 Å². The first-order chi connectivity index (χ1) is 15.7. The Bertz CT molecular complexity index is 1080. The number of hydrogen-bond donors (Lipinski definition) is 1. The van der Waals surface area contributed by atoms with Crippen LogP contribution in [0.2, 0.25) is 0 Å². The van der Waals surface area contributed by atoms with Crippen molar-refractivity contribution in [3.05, 3.63) is 96.0 Å². The van der Waals surface area contributed by atoms with Gasteiger partial charge in [0.2, 0.25) is 0 Å². The van der Waals surface area contributed by atoms with E-state index < -0.39 is 11.6 Å². The number of aliphatic hydroxyl groups excluding tert-OH is 1. The zero-order chi connectivity index (χ0) is 24.2. The largest absolute Gasteiger partial charge is 0.390 e. The van der Waals surface area contributed by atoms with Crippen molar-refractivity contribution in [1.82, 2.24) is 9.47 Å². The fraction of sp³-hybridized carbons (Fsp3) is 0.357. The average Bonchev–Trinajstić information content (AvgIpc) is 3.17. The molecule has 0 saturated carbocycles. The molecule has 0 spiro atoms. The number of benzene rings is 2. The van der Waals surface area contributed by atoms with E-state index in [-0.39, 0.29) is 23.6 Å². The second kappa shape index (κ2) is 10.3. The monoisotopic (exact) mass is 452 g/mol. The zero-order valence-corrected chi connectivity index (χ0v) is 20.0. The molecule has 1 aromatic heterocycles. The molecule has 0 amide bonds. The number of rotatable bonds is 9. The fourth-order valence-corrected chi connectivity index (χ4v) is 4.41. The molecule has 176 valence electrons. The summed E-state index contributed by atoms with van der Waals surface area (Å²) in [5.74, 6) is -0.935. The van der Waals surface area contributed by atoms with Gasteiger partial charge in [0.25, 0.3) is 0 Å². The number of nitrogens with zero attached hydrogens (tertiary/aromatic N) is 2. The maximum Gasteiger partial charge on any atom is 0.131 e. The minimum atomic E-state index is -0.475. The molecule has 1 unspecified atom stereocenters. The van der Waals surface area contributed by atoms with Crippen molar-refractivity contribution in [2.24, 2.45) is 5.41 Å². The normalized spacial score (nSPS) is 12.6. The SMILES string of the molecule is C=C(CO)N(CCC)C(c1cc(-c2cc(F)ccc2F)cn1Cc1ccccc1)C(C)(C)C. The lowest BCUT2D eigenvalue weighted by Gasteiger charge is -2.42. The zero-order valence-electron chi connectivity index (χ0n) is 20.0. The Morgan fingerprint density at radius 1 is 1.09 bits per heavy atom. The van der Waals surface area contributed by atoms with Gasteiger partial charge in [-0.25, -0.2) is 8.78 Å². The van der Waals surface area contributed by atoms with Crippen molar-refractivity contribution in [3.8, 4) is 11.1 Å². The quantitative estimate of drug-likeness (QED) is 0.387. The van der Waals surface area contributed by atoms with Crippen LogP contribution in [-0.2, 0) is 6.54 Å². The van der Waals surface area contributed by atoms with Crippen LogP contribution in [0.15, 0.2) is 73.1 Å². The molecule has 3 rings (SSSR count). The summed E-state index contributed by atoms with van der Waals surface area (Å²) in [4.78, 5) is 2.14. The number of aliphatic hydroxyl groups is 1. The van der Waals surface area contributed by atoms with Gasteiger partial charge in [0, 0.05) is 41.8 Å². The fourth-order valence-electron chi connectivity index (χ4n) is 4.41. The Kier molecular flexibility index (Phi) is 7.75. The van der Waals surface area contributed by atoms with Gasteiger partial charge in [-0.1, -0.05) is 64.6 Å². The highest BCUT2D eigenvalue weighted by atomic mass is 19.1. The van der Waals surface area contributed by atoms with Crippen LogP contribution in [0.3, 0.4) is 0 Å². The second-order valence-corrected chi connectivity index (χ2v) is 9.58. The highest BCUT2D eigenvalue weighted by molar-refractivity contribution is 5.65. The summed E-state index contributed by atoms with van der Waals surface area (Å²) in [5.41, 5.74) is 3.35. The van der Waals surface area contributed by atoms with Crippen molar-refractivity contribution in [1.29, 1.82) is 0 Å². The molecule has 0 fully saturated rings. The molecular weight excluding hydrogens is 418 g/mol. The first-order valence-corrected chi connectivity index (χ1v) is 11.4. The molecule has 0 saturated heterocycles. The van der Waals surface area contributed by atoms with Gasteiger partial charge < -0.3 is 14.6 Å². The number of aromatic nitrogens is 1. The van der Waals surface area contributed by atoms with E-state index in [2.05, 4.69) is 55.9 Å². The van der Waals surface area contributed by atoms with Crippen LogP contribution < -0.4 is 0 Å². The molecule has 1 atom stereocenters. The molecule has 0 aliphatic heterocycles. The van der Waals surface area contributed by atoms with E-state index in [9.17, 15) is 13.9 Å². The predicted octanol–water partition coefficient (Wildman–Crippen LogP) is 6.79. The van der Waals surface area contributed by atoms with Gasteiger partial charge in [0.15, 0.2) is 0 Å². The molecule has 0 aliphatic rings. The molecule has 2 aromatic carbocycles. The van der Waals surface area contributed by atoms with Crippen molar-refractivity contribution in [2.45, 2.75) is 46.7 Å². The molecule has 3 nitrogen and oxygen atoms in total. The van der Waals surface area contributed by atoms with E-state index in [1.54, 1.807) is 0 Å². The standard InChI is InChI=1S/C28H34F2N2O/c1-6-14-32(20(2)19-33)27(28(3,4)5)26-15-22(24-16-23(29)12-13-25(24)30)18-31(26)17-21-10-8-7-9-11-21/h7-13,15-16,18,27,33H,2,6,14,17,19H2,1,3-5H3. The summed E-state index contributed by atoms with van der Waals surface area (Å²) >= 11 is 0. The maximum atomic E-state index is 14.7. The highest BCUT2D eigenvalue weighted by Crippen LogP contribution is 2.42. The molecule has 0 aliphatic carbocycles. The summed E-state index contributed by atoms with van der Waals surface area (Å²) in [6.07, 6.45) is 2.78. The molecule has 5 heteroatoms. The van der Waals surface area contributed by atoms with Gasteiger partial charge in [-0.3, -0.25) is 0 Å². The first-order valence-electron chi connectivity index (χ1n) is 11.4. The molecule has 33 heavy (non-hydrogen) atoms. The van der Waals surface area contributed by atoms with Crippen LogP contribution in [0.1, 0.15) is 51.4 Å². The van der Waals surface area contributed by atoms with Crippen LogP contribution in [-0.4, -0.2) is 27.7 Å². The first kappa shape index (κ1) is 24.7. The number of halogens is 2. The minimum Gasteiger partial charge on any atom is -0.390 e. The third kappa shape index (κ3) is 5.72. The van der Waals surface area contributed by atoms with Crippen molar-refractivity contribution < 1.29 is 13.9 Å². The maximum absolute atomic E-state index is 14.7. The molecule has 0 radical (unpaired) electrons. The Balaban J connectivity index is 2.22. The van der Waals surface area contributed by atoms with Crippen LogP contribution in [0.25, 0.3) is 11.1 Å². The van der Waals surface area contributed by atoms with E-state index in [0.29, 0.717) is 17.8 Å². The van der Waals surface area contributed by atoms with E-state index in [4.69, 9.17) is 0 Å². The lowest BCUT2D eigenvalue weighted by molar-refractivity contribution is 0.111. The van der Waals surface area contributed by atoms with Crippen LogP contribution in [0.5, 0.6) is 0 Å². The predicted molar refractivity (Wildman–Crippen MR) is 131 cm³/mol. The Morgan fingerprint density at radius 2 is 1.79 bits per heavy atom. The summed E-state index contributed by atoms with van der Waals surface area (Å²) in [7, 11) is 0. The van der Waals surface area contributed by atoms with Gasteiger partial charge in [-0.15, -0.1) is 0 Å². The molecular formula is C28H34F2N2O. The van der Waals surface area contributed by atoms with E-state index >= 15 is 0 Å². The van der Waals surface area contributed by atoms with Crippen LogP contribution in [0, 0.1) is 17.0 Å². The van der Waals surface area contributed by atoms with Crippen molar-refractivity contribution >= 4 is 0 Å². The minimum absolute atomic E-state index is 0.133. The lowest BCUT2D eigenvalue weighted by Crippen LogP contribution is -2.38. The summed E-state index contributed by atoms with van der Waals surface area (Å²) in [6, 6.07) is 15.4. The smallest absolute Gasteiger partial charge is 0.131 e. The molecule has 3 aromatic rings. The van der Waals surface area contributed by atoms with E-state index in [1.165, 1.54) is 6.07 Å². The number of hydrogen-bond acceptors (Lipinski definition) is 2. The van der Waals surface area contributed by atoms with Crippen LogP contribution in [0.4, 0.5) is 8.78 Å². The summed E-state index contributed by atoms with van der Waals surface area (Å²) in [6.45, 7) is 13.8. The van der Waals surface area contributed by atoms with Gasteiger partial charge in [-0.05, 0) is 41.7 Å². The third-order valence-corrected chi connectivity index (χ3v) is 5.83. The van der Waals surface area contributed by atoms with Gasteiger partial charge in [-0.2, -0.15) is 0 Å². The Labute approximate surface area is 196 Å². The second-order valence-electron chi connectivity index (χ2n) is 9.58. The van der Waals surface area contributed by atoms with Crippen molar-refractivity contribution in [3.63, 3.8) is 0 Å². The van der Waals surface area contributed by atoms with Crippen LogP contribution >= 0.6 is 0 Å². The van der Waals surface area contributed by atoms with E-state index in [0.717, 1.165) is 36.4 Å². The third-order valence-electron chi connectivity index (χ3n) is 5.83. The Morgan fingerprint density at radius 3 is 2.39 bits per heavy atom. The summed E-state index contributed by atoms with van der Waals surface area (Å²) in [5, 5.41) is 9.91. The molecule has 0 bridgehead atoms. The average molecular weight is 453 g/mol.